The lowest BCUT2D eigenvalue weighted by Crippen LogP contribution is -2.18. The highest BCUT2D eigenvalue weighted by atomic mass is 32.1. The van der Waals surface area contributed by atoms with Gasteiger partial charge < -0.3 is 16.3 Å². The van der Waals surface area contributed by atoms with Crippen molar-refractivity contribution in [1.29, 1.82) is 0 Å². The van der Waals surface area contributed by atoms with Crippen molar-refractivity contribution in [1.82, 2.24) is 5.32 Å². The Kier molecular flexibility index (Phi) is 4.70. The molecule has 0 aliphatic heterocycles. The molecule has 0 spiro atoms. The lowest BCUT2D eigenvalue weighted by molar-refractivity contribution is 0.318. The van der Waals surface area contributed by atoms with Gasteiger partial charge in [0, 0.05) is 23.0 Å². The summed E-state index contributed by atoms with van der Waals surface area (Å²) >= 11 is 1.67. The third-order valence-corrected chi connectivity index (χ3v) is 4.00. The zero-order valence-corrected chi connectivity index (χ0v) is 11.8. The summed E-state index contributed by atoms with van der Waals surface area (Å²) in [5.74, 6) is -0.508. The van der Waals surface area contributed by atoms with Crippen LogP contribution in [0.2, 0.25) is 0 Å². The summed E-state index contributed by atoms with van der Waals surface area (Å²) in [5, 5.41) is 16.9. The number of hydrogen-bond donors (Lipinski definition) is 3. The molecule has 6 heteroatoms. The summed E-state index contributed by atoms with van der Waals surface area (Å²) in [6.07, 6.45) is 0. The topological polar surface area (TPSA) is 70.6 Å². The Balaban J connectivity index is 2.08. The van der Waals surface area contributed by atoms with E-state index in [1.807, 2.05) is 11.4 Å². The number of benzene rings is 1. The van der Waals surface area contributed by atoms with Crippen molar-refractivity contribution in [2.24, 2.45) is 10.9 Å². The van der Waals surface area contributed by atoms with E-state index in [4.69, 9.17) is 10.9 Å². The van der Waals surface area contributed by atoms with Crippen LogP contribution in [0.5, 0.6) is 0 Å². The fourth-order valence-corrected chi connectivity index (χ4v) is 2.63. The van der Waals surface area contributed by atoms with E-state index < -0.39 is 5.82 Å². The van der Waals surface area contributed by atoms with Gasteiger partial charge in [-0.1, -0.05) is 11.2 Å². The number of thiophene rings is 1. The van der Waals surface area contributed by atoms with Gasteiger partial charge in [-0.05, 0) is 42.1 Å². The highest BCUT2D eigenvalue weighted by Gasteiger charge is 2.08. The van der Waals surface area contributed by atoms with Gasteiger partial charge in [-0.25, -0.2) is 4.39 Å². The van der Waals surface area contributed by atoms with E-state index >= 15 is 0 Å². The zero-order chi connectivity index (χ0) is 14.5. The molecule has 0 aliphatic carbocycles. The van der Waals surface area contributed by atoms with E-state index in [2.05, 4.69) is 23.5 Å². The van der Waals surface area contributed by atoms with Crippen LogP contribution in [0.3, 0.4) is 0 Å². The summed E-state index contributed by atoms with van der Waals surface area (Å²) in [4.78, 5) is 1.22. The van der Waals surface area contributed by atoms with Crippen LogP contribution in [0.4, 0.5) is 4.39 Å². The molecule has 20 heavy (non-hydrogen) atoms. The van der Waals surface area contributed by atoms with Crippen molar-refractivity contribution in [3.8, 4) is 0 Å². The van der Waals surface area contributed by atoms with Crippen LogP contribution >= 0.6 is 11.3 Å². The molecule has 4 N–H and O–H groups in total. The molecule has 106 valence electrons. The van der Waals surface area contributed by atoms with E-state index in [1.54, 1.807) is 17.4 Å². The van der Waals surface area contributed by atoms with Gasteiger partial charge in [0.1, 0.15) is 5.82 Å². The van der Waals surface area contributed by atoms with Gasteiger partial charge in [-0.2, -0.15) is 0 Å². The Morgan fingerprint density at radius 2 is 2.30 bits per heavy atom. The summed E-state index contributed by atoms with van der Waals surface area (Å²) in [6, 6.07) is 8.60. The number of hydrogen-bond acceptors (Lipinski definition) is 4. The first kappa shape index (κ1) is 14.5. The van der Waals surface area contributed by atoms with Crippen LogP contribution in [-0.2, 0) is 6.54 Å². The summed E-state index contributed by atoms with van der Waals surface area (Å²) in [6.45, 7) is 2.55. The average molecular weight is 293 g/mol. The van der Waals surface area contributed by atoms with Crippen LogP contribution in [0.15, 0.2) is 40.9 Å². The number of nitrogens with one attached hydrogen (secondary N) is 1. The Hall–Kier alpha value is -1.92. The van der Waals surface area contributed by atoms with Gasteiger partial charge in [0.2, 0.25) is 0 Å². The molecule has 1 aromatic carbocycles. The minimum atomic E-state index is -0.408. The van der Waals surface area contributed by atoms with E-state index in [0.29, 0.717) is 12.1 Å². The van der Waals surface area contributed by atoms with E-state index in [1.165, 1.54) is 17.0 Å². The molecule has 0 saturated carbocycles. The molecule has 0 amide bonds. The first-order chi connectivity index (χ1) is 9.60. The summed E-state index contributed by atoms with van der Waals surface area (Å²) in [7, 11) is 0. The maximum atomic E-state index is 13.5. The number of amidine groups is 1. The van der Waals surface area contributed by atoms with E-state index in [0.717, 1.165) is 5.56 Å². The number of nitrogens with two attached hydrogens (primary N) is 1. The van der Waals surface area contributed by atoms with E-state index in [9.17, 15) is 4.39 Å². The van der Waals surface area contributed by atoms with Gasteiger partial charge in [0.25, 0.3) is 0 Å². The third-order valence-electron chi connectivity index (χ3n) is 2.94. The SMILES string of the molecule is C[C@H](NCc1cc(F)cc(/C(N)=N/O)c1)c1cccs1. The lowest BCUT2D eigenvalue weighted by atomic mass is 10.1. The minimum absolute atomic E-state index is 0.0999. The monoisotopic (exact) mass is 293 g/mol. The molecule has 0 saturated heterocycles. The predicted molar refractivity (Wildman–Crippen MR) is 78.5 cm³/mol. The maximum Gasteiger partial charge on any atom is 0.170 e. The molecule has 4 nitrogen and oxygen atoms in total. The van der Waals surface area contributed by atoms with Crippen LogP contribution in [0, 0.1) is 5.82 Å². The highest BCUT2D eigenvalue weighted by Crippen LogP contribution is 2.19. The summed E-state index contributed by atoms with van der Waals surface area (Å²) < 4.78 is 13.5. The van der Waals surface area contributed by atoms with Crippen molar-refractivity contribution in [3.63, 3.8) is 0 Å². The fourth-order valence-electron chi connectivity index (χ4n) is 1.87. The second-order valence-electron chi connectivity index (χ2n) is 4.45. The van der Waals surface area contributed by atoms with Crippen molar-refractivity contribution < 1.29 is 9.60 Å². The molecule has 0 fully saturated rings. The quantitative estimate of drug-likeness (QED) is 0.343. The molecule has 1 atom stereocenters. The van der Waals surface area contributed by atoms with Gasteiger partial charge in [0.05, 0.1) is 0 Å². The fraction of sp³-hybridized carbons (Fsp3) is 0.214. The minimum Gasteiger partial charge on any atom is -0.409 e. The molecular formula is C14H16FN3OS. The number of oxime groups is 1. The van der Waals surface area contributed by atoms with Crippen LogP contribution in [0.25, 0.3) is 0 Å². The number of halogens is 1. The molecule has 0 bridgehead atoms. The first-order valence-electron chi connectivity index (χ1n) is 6.14. The highest BCUT2D eigenvalue weighted by molar-refractivity contribution is 7.10. The second kappa shape index (κ2) is 6.49. The molecule has 0 unspecified atom stereocenters. The van der Waals surface area contributed by atoms with Crippen LogP contribution in [-0.4, -0.2) is 11.0 Å². The molecular weight excluding hydrogens is 277 g/mol. The Bertz CT molecular complexity index is 598. The Morgan fingerprint density at radius 1 is 1.50 bits per heavy atom. The van der Waals surface area contributed by atoms with Crippen LogP contribution < -0.4 is 11.1 Å². The molecule has 1 heterocycles. The average Bonchev–Trinajstić information content (AvgIpc) is 2.97. The smallest absolute Gasteiger partial charge is 0.170 e. The maximum absolute atomic E-state index is 13.5. The van der Waals surface area contributed by atoms with Crippen molar-refractivity contribution >= 4 is 17.2 Å². The Labute approximate surface area is 120 Å². The van der Waals surface area contributed by atoms with Gasteiger partial charge >= 0.3 is 0 Å². The second-order valence-corrected chi connectivity index (χ2v) is 5.43. The van der Waals surface area contributed by atoms with Gasteiger partial charge in [-0.15, -0.1) is 11.3 Å². The van der Waals surface area contributed by atoms with Crippen molar-refractivity contribution in [2.45, 2.75) is 19.5 Å². The Morgan fingerprint density at radius 3 is 2.95 bits per heavy atom. The van der Waals surface area contributed by atoms with Crippen molar-refractivity contribution in [2.75, 3.05) is 0 Å². The van der Waals surface area contributed by atoms with Gasteiger partial charge in [0.15, 0.2) is 5.84 Å². The van der Waals surface area contributed by atoms with E-state index in [-0.39, 0.29) is 11.9 Å². The van der Waals surface area contributed by atoms with Crippen molar-refractivity contribution in [3.05, 3.63) is 57.5 Å². The standard InChI is InChI=1S/C14H16FN3OS/c1-9(13-3-2-4-20-13)17-8-10-5-11(14(16)18-19)7-12(15)6-10/h2-7,9,17,19H,8H2,1H3,(H2,16,18)/t9-/m0/s1. The number of rotatable bonds is 5. The molecule has 0 radical (unpaired) electrons. The van der Waals surface area contributed by atoms with Crippen LogP contribution in [0.1, 0.15) is 29.0 Å². The third kappa shape index (κ3) is 3.55. The number of nitrogens with zero attached hydrogens (tertiary/aromatic N) is 1. The predicted octanol–water partition coefficient (Wildman–Crippen LogP) is 2.83. The normalized spacial score (nSPS) is 13.4. The summed E-state index contributed by atoms with van der Waals surface area (Å²) in [5.41, 5.74) is 6.59. The lowest BCUT2D eigenvalue weighted by Gasteiger charge is -2.13. The molecule has 2 rings (SSSR count). The van der Waals surface area contributed by atoms with Gasteiger partial charge in [-0.3, -0.25) is 0 Å². The zero-order valence-electron chi connectivity index (χ0n) is 11.0. The molecule has 1 aromatic heterocycles. The largest absolute Gasteiger partial charge is 0.409 e. The molecule has 2 aromatic rings. The first-order valence-corrected chi connectivity index (χ1v) is 7.02. The molecule has 0 aliphatic rings.